The third-order valence-electron chi connectivity index (χ3n) is 9.78. The fourth-order valence-electron chi connectivity index (χ4n) is 7.03. The molecule has 1 aliphatic carbocycles. The molecule has 2 saturated heterocycles. The number of hydrogen-bond acceptors (Lipinski definition) is 10. The fraction of sp³-hybridized carbons (Fsp3) is 0.412. The van der Waals surface area contributed by atoms with Gasteiger partial charge >= 0.3 is 5.97 Å². The summed E-state index contributed by atoms with van der Waals surface area (Å²) in [4.78, 5) is 26.6. The molecule has 0 spiro atoms. The number of rotatable bonds is 7. The van der Waals surface area contributed by atoms with Gasteiger partial charge in [-0.2, -0.15) is 5.26 Å². The highest BCUT2D eigenvalue weighted by Gasteiger charge is 2.47. The lowest BCUT2D eigenvalue weighted by Crippen LogP contribution is -2.59. The minimum absolute atomic E-state index is 0.0561. The Morgan fingerprint density at radius 1 is 1.13 bits per heavy atom. The third kappa shape index (κ3) is 5.15. The Labute approximate surface area is 281 Å². The highest BCUT2D eigenvalue weighted by atomic mass is 35.5. The maximum atomic E-state index is 12.4. The summed E-state index contributed by atoms with van der Waals surface area (Å²) < 4.78 is 26.0. The minimum Gasteiger partial charge on any atom is -0.465 e. The van der Waals surface area contributed by atoms with Gasteiger partial charge in [0, 0.05) is 32.8 Å². The van der Waals surface area contributed by atoms with E-state index in [-0.39, 0.29) is 12.1 Å². The number of carbonyl (C=O) groups excluding carboxylic acids is 1. The van der Waals surface area contributed by atoms with Crippen LogP contribution in [0.5, 0.6) is 11.5 Å². The number of halogens is 2. The molecule has 11 nitrogen and oxygen atoms in total. The van der Waals surface area contributed by atoms with Crippen molar-refractivity contribution in [3.63, 3.8) is 0 Å². The van der Waals surface area contributed by atoms with Crippen LogP contribution in [0.3, 0.4) is 0 Å². The zero-order chi connectivity index (χ0) is 32.5. The van der Waals surface area contributed by atoms with Gasteiger partial charge in [-0.15, -0.1) is 0 Å². The maximum absolute atomic E-state index is 12.4. The summed E-state index contributed by atoms with van der Waals surface area (Å²) in [7, 11) is 1.34. The van der Waals surface area contributed by atoms with Gasteiger partial charge in [0.15, 0.2) is 11.5 Å². The number of para-hydroxylation sites is 1. The van der Waals surface area contributed by atoms with Crippen LogP contribution in [0.25, 0.3) is 11.0 Å². The predicted octanol–water partition coefficient (Wildman–Crippen LogP) is 5.56. The first kappa shape index (κ1) is 30.3. The Hall–Kier alpha value is -4.08. The lowest BCUT2D eigenvalue weighted by molar-refractivity contribution is -0.0716. The van der Waals surface area contributed by atoms with Crippen LogP contribution in [0.4, 0.5) is 5.69 Å². The van der Waals surface area contributed by atoms with Gasteiger partial charge < -0.3 is 28.4 Å². The lowest BCUT2D eigenvalue weighted by Gasteiger charge is -2.44. The summed E-state index contributed by atoms with van der Waals surface area (Å²) in [5.41, 5.74) is 2.81. The third-order valence-corrected chi connectivity index (χ3v) is 10.3. The molecule has 5 heterocycles. The fourth-order valence-corrected chi connectivity index (χ4v) is 7.40. The lowest BCUT2D eigenvalue weighted by atomic mass is 10.0. The molecule has 0 radical (unpaired) electrons. The van der Waals surface area contributed by atoms with E-state index in [1.165, 1.54) is 7.11 Å². The summed E-state index contributed by atoms with van der Waals surface area (Å²) in [6.45, 7) is 5.45. The molecular weight excluding hydrogens is 643 g/mol. The smallest absolute Gasteiger partial charge is 0.337 e. The highest BCUT2D eigenvalue weighted by molar-refractivity contribution is 6.35. The molecule has 3 atom stereocenters. The van der Waals surface area contributed by atoms with Crippen molar-refractivity contribution in [1.82, 2.24) is 19.4 Å². The van der Waals surface area contributed by atoms with Crippen LogP contribution in [0, 0.1) is 16.7 Å². The quantitative estimate of drug-likeness (QED) is 0.231. The number of imidazole rings is 1. The first-order chi connectivity index (χ1) is 22.7. The minimum atomic E-state index is -1.09. The number of anilines is 1. The number of piperazine rings is 1. The Morgan fingerprint density at radius 2 is 1.96 bits per heavy atom. The number of nitrogens with zero attached hydrogens (tertiary/aromatic N) is 6. The molecule has 0 bridgehead atoms. The van der Waals surface area contributed by atoms with Crippen molar-refractivity contribution in [2.75, 3.05) is 38.3 Å². The number of aromatic nitrogens is 3. The Morgan fingerprint density at radius 3 is 2.70 bits per heavy atom. The summed E-state index contributed by atoms with van der Waals surface area (Å²) in [6, 6.07) is 15.5. The van der Waals surface area contributed by atoms with Gasteiger partial charge in [-0.1, -0.05) is 29.3 Å². The molecule has 0 N–H and O–H groups in total. The second kappa shape index (κ2) is 11.3. The van der Waals surface area contributed by atoms with Crippen LogP contribution in [-0.2, 0) is 28.4 Å². The summed E-state index contributed by atoms with van der Waals surface area (Å²) in [6.07, 6.45) is 3.23. The van der Waals surface area contributed by atoms with Crippen LogP contribution >= 0.6 is 23.2 Å². The van der Waals surface area contributed by atoms with Gasteiger partial charge in [0.1, 0.15) is 17.0 Å². The van der Waals surface area contributed by atoms with Gasteiger partial charge in [-0.05, 0) is 49.2 Å². The Balaban J connectivity index is 1.09. The van der Waals surface area contributed by atoms with Crippen molar-refractivity contribution in [3.8, 4) is 17.6 Å². The Kier molecular flexibility index (Phi) is 7.26. The number of nitriles is 1. The SMILES string of the molecule is COC(=O)c1cc(Cl)c2nc(CN3CCN(c4cccc5c4O[C@](C)(c4ccc(Cl)cn4)O5)[C@H]4COC[C@H]43)n(CC3(C#N)CC3)c2c1. The zero-order valence-corrected chi connectivity index (χ0v) is 27.4. The normalized spacial score (nSPS) is 24.3. The largest absolute Gasteiger partial charge is 0.465 e. The van der Waals surface area contributed by atoms with Crippen LogP contribution in [0.2, 0.25) is 10.0 Å². The standard InChI is InChI=1S/C34H32Cl2N6O5/c1-33(28-7-6-21(35)14-38-28)46-27-5-3-4-23(31(27)47-33)41-11-10-40(25-16-45-17-26(25)41)15-29-39-30-22(36)12-20(32(43)44-2)13-24(30)42(29)19-34(18-37)8-9-34/h3-7,12-14,25-26H,8-11,15-17,19H2,1-2H3/t25-,26+,33-/m1/s1. The molecule has 2 aromatic heterocycles. The molecule has 4 aromatic rings. The number of methoxy groups -OCH3 is 1. The molecular formula is C34H32Cl2N6O5. The van der Waals surface area contributed by atoms with E-state index in [0.29, 0.717) is 64.6 Å². The molecule has 3 aliphatic heterocycles. The Bertz CT molecular complexity index is 1940. The van der Waals surface area contributed by atoms with E-state index in [1.54, 1.807) is 24.4 Å². The molecule has 0 unspecified atom stereocenters. The number of pyridine rings is 1. The molecule has 3 fully saturated rings. The predicted molar refractivity (Wildman–Crippen MR) is 174 cm³/mol. The van der Waals surface area contributed by atoms with Gasteiger partial charge in [-0.25, -0.2) is 9.78 Å². The van der Waals surface area contributed by atoms with Crippen LogP contribution in [0.15, 0.2) is 48.7 Å². The molecule has 0 amide bonds. The van der Waals surface area contributed by atoms with Crippen molar-refractivity contribution in [2.24, 2.45) is 5.41 Å². The molecule has 4 aliphatic rings. The molecule has 1 saturated carbocycles. The highest BCUT2D eigenvalue weighted by Crippen LogP contribution is 2.50. The first-order valence-corrected chi connectivity index (χ1v) is 16.4. The van der Waals surface area contributed by atoms with E-state index >= 15 is 0 Å². The molecule has 242 valence electrons. The average molecular weight is 676 g/mol. The number of carbonyl (C=O) groups is 1. The molecule has 47 heavy (non-hydrogen) atoms. The second-order valence-electron chi connectivity index (χ2n) is 12.8. The van der Waals surface area contributed by atoms with Gasteiger partial charge in [0.25, 0.3) is 5.79 Å². The van der Waals surface area contributed by atoms with E-state index in [1.807, 2.05) is 25.1 Å². The molecule has 13 heteroatoms. The number of hydrogen-bond donors (Lipinski definition) is 0. The second-order valence-corrected chi connectivity index (χ2v) is 13.6. The van der Waals surface area contributed by atoms with E-state index in [0.717, 1.165) is 43.0 Å². The number of benzene rings is 2. The van der Waals surface area contributed by atoms with Crippen molar-refractivity contribution in [3.05, 3.63) is 75.8 Å². The molecule has 8 rings (SSSR count). The van der Waals surface area contributed by atoms with Crippen molar-refractivity contribution >= 4 is 45.9 Å². The number of fused-ring (bicyclic) bond motifs is 3. The van der Waals surface area contributed by atoms with Crippen LogP contribution in [0.1, 0.15) is 41.6 Å². The van der Waals surface area contributed by atoms with Crippen molar-refractivity contribution in [1.29, 1.82) is 5.26 Å². The maximum Gasteiger partial charge on any atom is 0.337 e. The van der Waals surface area contributed by atoms with Crippen molar-refractivity contribution < 1.29 is 23.7 Å². The number of esters is 1. The van der Waals surface area contributed by atoms with Crippen LogP contribution in [-0.4, -0.2) is 70.9 Å². The van der Waals surface area contributed by atoms with Gasteiger partial charge in [0.05, 0.1) is 77.2 Å². The van der Waals surface area contributed by atoms with Gasteiger partial charge in [-0.3, -0.25) is 9.88 Å². The zero-order valence-electron chi connectivity index (χ0n) is 25.9. The first-order valence-electron chi connectivity index (χ1n) is 15.6. The van der Waals surface area contributed by atoms with E-state index in [4.69, 9.17) is 47.1 Å². The molecule has 2 aromatic carbocycles. The summed E-state index contributed by atoms with van der Waals surface area (Å²) in [5, 5.41) is 10.9. The van der Waals surface area contributed by atoms with E-state index < -0.39 is 17.2 Å². The topological polar surface area (TPSA) is 115 Å². The number of ether oxygens (including phenoxy) is 4. The van der Waals surface area contributed by atoms with Crippen LogP contribution < -0.4 is 14.4 Å². The summed E-state index contributed by atoms with van der Waals surface area (Å²) in [5.74, 6) is 0.566. The summed E-state index contributed by atoms with van der Waals surface area (Å²) >= 11 is 12.8. The average Bonchev–Trinajstić information content (AvgIpc) is 3.34. The van der Waals surface area contributed by atoms with E-state index in [9.17, 15) is 10.1 Å². The van der Waals surface area contributed by atoms with Crippen molar-refractivity contribution in [2.45, 2.75) is 50.7 Å². The monoisotopic (exact) mass is 674 g/mol. The van der Waals surface area contributed by atoms with E-state index in [2.05, 4.69) is 31.5 Å². The van der Waals surface area contributed by atoms with Gasteiger partial charge in [0.2, 0.25) is 0 Å².